The van der Waals surface area contributed by atoms with Gasteiger partial charge in [-0.25, -0.2) is 13.1 Å². The molecule has 5 nitrogen and oxygen atoms in total. The van der Waals surface area contributed by atoms with Crippen LogP contribution in [0.4, 0.5) is 0 Å². The lowest BCUT2D eigenvalue weighted by atomic mass is 9.96. The molecule has 1 aromatic heterocycles. The first-order chi connectivity index (χ1) is 9.03. The Labute approximate surface area is 117 Å². The van der Waals surface area contributed by atoms with Gasteiger partial charge in [0.2, 0.25) is 15.6 Å². The third-order valence-corrected chi connectivity index (χ3v) is 6.04. The van der Waals surface area contributed by atoms with Gasteiger partial charge in [0.15, 0.2) is 0 Å². The summed E-state index contributed by atoms with van der Waals surface area (Å²) < 4.78 is 27.2. The van der Waals surface area contributed by atoms with Crippen LogP contribution in [-0.2, 0) is 10.0 Å². The maximum Gasteiger partial charge on any atom is 0.247 e. The van der Waals surface area contributed by atoms with Crippen LogP contribution >= 0.6 is 11.8 Å². The number of hydrogen-bond donors (Lipinski definition) is 2. The minimum atomic E-state index is -3.55. The molecule has 1 aliphatic rings. The van der Waals surface area contributed by atoms with E-state index in [0.29, 0.717) is 5.25 Å². The molecule has 0 spiro atoms. The van der Waals surface area contributed by atoms with Crippen molar-refractivity contribution in [1.82, 2.24) is 9.71 Å². The quantitative estimate of drug-likeness (QED) is 0.879. The lowest BCUT2D eigenvalue weighted by molar-refractivity contribution is 0.423. The van der Waals surface area contributed by atoms with Crippen molar-refractivity contribution in [2.75, 3.05) is 6.26 Å². The van der Waals surface area contributed by atoms with Crippen LogP contribution in [0.25, 0.3) is 0 Å². The van der Waals surface area contributed by atoms with Crippen LogP contribution in [-0.4, -0.2) is 30.9 Å². The van der Waals surface area contributed by atoms with Crippen LogP contribution in [0.2, 0.25) is 0 Å². The predicted molar refractivity (Wildman–Crippen MR) is 76.9 cm³/mol. The molecule has 0 saturated heterocycles. The van der Waals surface area contributed by atoms with Gasteiger partial charge in [-0.3, -0.25) is 4.79 Å². The smallest absolute Gasteiger partial charge is 0.247 e. The van der Waals surface area contributed by atoms with Gasteiger partial charge in [-0.1, -0.05) is 12.8 Å². The monoisotopic (exact) mass is 302 g/mol. The summed E-state index contributed by atoms with van der Waals surface area (Å²) in [6.07, 6.45) is 7.37. The molecule has 2 rings (SSSR count). The van der Waals surface area contributed by atoms with Gasteiger partial charge < -0.3 is 4.98 Å². The maximum absolute atomic E-state index is 12.2. The maximum atomic E-state index is 12.2. The number of thioether (sulfide) groups is 1. The van der Waals surface area contributed by atoms with Gasteiger partial charge in [0, 0.05) is 23.6 Å². The molecule has 2 N–H and O–H groups in total. The molecule has 0 aliphatic heterocycles. The predicted octanol–water partition coefficient (Wildman–Crippen LogP) is 1.33. The summed E-state index contributed by atoms with van der Waals surface area (Å²) in [5.41, 5.74) is -0.307. The Hall–Kier alpha value is -0.790. The summed E-state index contributed by atoms with van der Waals surface area (Å²) in [5.74, 6) is 0. The third kappa shape index (κ3) is 3.61. The van der Waals surface area contributed by atoms with E-state index in [1.54, 1.807) is 11.8 Å². The van der Waals surface area contributed by atoms with E-state index in [4.69, 9.17) is 0 Å². The van der Waals surface area contributed by atoms with Crippen molar-refractivity contribution >= 4 is 21.8 Å². The van der Waals surface area contributed by atoms with E-state index < -0.39 is 10.0 Å². The number of nitrogens with one attached hydrogen (secondary N) is 2. The topological polar surface area (TPSA) is 79.0 Å². The molecule has 1 saturated carbocycles. The first-order valence-electron chi connectivity index (χ1n) is 6.27. The average Bonchev–Trinajstić information content (AvgIpc) is 2.39. The first kappa shape index (κ1) is 14.6. The third-order valence-electron chi connectivity index (χ3n) is 3.38. The molecule has 7 heteroatoms. The molecule has 2 atom stereocenters. The zero-order valence-electron chi connectivity index (χ0n) is 10.8. The number of aromatic amines is 1. The van der Waals surface area contributed by atoms with Gasteiger partial charge in [0.1, 0.15) is 0 Å². The molecule has 0 bridgehead atoms. The van der Waals surface area contributed by atoms with E-state index >= 15 is 0 Å². The fraction of sp³-hybridized carbons (Fsp3) is 0.583. The molecule has 0 amide bonds. The van der Waals surface area contributed by atoms with Crippen LogP contribution in [0.15, 0.2) is 28.0 Å². The molecule has 1 aromatic rings. The van der Waals surface area contributed by atoms with E-state index in [1.165, 1.54) is 18.3 Å². The van der Waals surface area contributed by atoms with Gasteiger partial charge in [-0.2, -0.15) is 11.8 Å². The lowest BCUT2D eigenvalue weighted by Gasteiger charge is -2.30. The van der Waals surface area contributed by atoms with Crippen molar-refractivity contribution in [3.63, 3.8) is 0 Å². The van der Waals surface area contributed by atoms with E-state index in [2.05, 4.69) is 9.71 Å². The molecular formula is C12H18N2O3S2. The first-order valence-corrected chi connectivity index (χ1v) is 9.04. The summed E-state index contributed by atoms with van der Waals surface area (Å²) in [5, 5.41) is 0.325. The van der Waals surface area contributed by atoms with Crippen LogP contribution in [0, 0.1) is 0 Å². The van der Waals surface area contributed by atoms with Crippen LogP contribution < -0.4 is 10.3 Å². The molecule has 1 aliphatic carbocycles. The van der Waals surface area contributed by atoms with Crippen molar-refractivity contribution < 1.29 is 8.42 Å². The van der Waals surface area contributed by atoms with Gasteiger partial charge in [-0.15, -0.1) is 0 Å². The summed E-state index contributed by atoms with van der Waals surface area (Å²) >= 11 is 1.71. The average molecular weight is 302 g/mol. The molecule has 1 fully saturated rings. The summed E-state index contributed by atoms with van der Waals surface area (Å²) in [6.45, 7) is 0. The van der Waals surface area contributed by atoms with Gasteiger partial charge in [0.05, 0.1) is 4.90 Å². The van der Waals surface area contributed by atoms with Crippen molar-refractivity contribution in [2.45, 2.75) is 41.9 Å². The Morgan fingerprint density at radius 1 is 1.32 bits per heavy atom. The minimum absolute atomic E-state index is 0.0271. The van der Waals surface area contributed by atoms with Gasteiger partial charge in [-0.05, 0) is 25.2 Å². The fourth-order valence-corrected chi connectivity index (χ4v) is 4.64. The zero-order valence-corrected chi connectivity index (χ0v) is 12.4. The standard InChI is InChI=1S/C12H18N2O3S2/c1-18-11-5-3-2-4-10(11)14-19(16,17)9-6-7-12(15)13-8-9/h6-8,10-11,14H,2-5H2,1H3,(H,13,15). The molecule has 106 valence electrons. The highest BCUT2D eigenvalue weighted by Gasteiger charge is 2.28. The van der Waals surface area contributed by atoms with Crippen LogP contribution in [0.3, 0.4) is 0 Å². The van der Waals surface area contributed by atoms with Crippen molar-refractivity contribution in [1.29, 1.82) is 0 Å². The molecule has 1 heterocycles. The zero-order chi connectivity index (χ0) is 13.9. The van der Waals surface area contributed by atoms with E-state index in [-0.39, 0.29) is 16.5 Å². The number of aromatic nitrogens is 1. The highest BCUT2D eigenvalue weighted by molar-refractivity contribution is 7.99. The number of hydrogen-bond acceptors (Lipinski definition) is 4. The molecule has 0 aromatic carbocycles. The minimum Gasteiger partial charge on any atom is -0.328 e. The summed E-state index contributed by atoms with van der Waals surface area (Å²) in [6, 6.07) is 2.53. The molecule has 19 heavy (non-hydrogen) atoms. The normalized spacial score (nSPS) is 24.3. The Kier molecular flexibility index (Phi) is 4.70. The summed E-state index contributed by atoms with van der Waals surface area (Å²) in [7, 11) is -3.55. The number of sulfonamides is 1. The van der Waals surface area contributed by atoms with Crippen molar-refractivity contribution in [2.24, 2.45) is 0 Å². The van der Waals surface area contributed by atoms with E-state index in [9.17, 15) is 13.2 Å². The second kappa shape index (κ2) is 6.11. The van der Waals surface area contributed by atoms with Crippen LogP contribution in [0.5, 0.6) is 0 Å². The Morgan fingerprint density at radius 3 is 2.68 bits per heavy atom. The SMILES string of the molecule is CSC1CCCCC1NS(=O)(=O)c1ccc(=O)[nH]c1. The van der Waals surface area contributed by atoms with E-state index in [0.717, 1.165) is 25.7 Å². The van der Waals surface area contributed by atoms with Crippen molar-refractivity contribution in [3.8, 4) is 0 Å². The van der Waals surface area contributed by atoms with Gasteiger partial charge >= 0.3 is 0 Å². The Bertz CT molecular complexity index is 562. The fourth-order valence-electron chi connectivity index (χ4n) is 2.34. The number of rotatable bonds is 4. The highest BCUT2D eigenvalue weighted by Crippen LogP contribution is 2.28. The second-order valence-electron chi connectivity index (χ2n) is 4.68. The van der Waals surface area contributed by atoms with Gasteiger partial charge in [0.25, 0.3) is 0 Å². The number of H-pyrrole nitrogens is 1. The Balaban J connectivity index is 2.16. The molecule has 0 radical (unpaired) electrons. The molecular weight excluding hydrogens is 284 g/mol. The van der Waals surface area contributed by atoms with Crippen LogP contribution in [0.1, 0.15) is 25.7 Å². The Morgan fingerprint density at radius 2 is 2.05 bits per heavy atom. The number of pyridine rings is 1. The largest absolute Gasteiger partial charge is 0.328 e. The summed E-state index contributed by atoms with van der Waals surface area (Å²) in [4.78, 5) is 13.5. The lowest BCUT2D eigenvalue weighted by Crippen LogP contribution is -2.43. The highest BCUT2D eigenvalue weighted by atomic mass is 32.2. The molecule has 2 unspecified atom stereocenters. The second-order valence-corrected chi connectivity index (χ2v) is 7.47. The van der Waals surface area contributed by atoms with Crippen molar-refractivity contribution in [3.05, 3.63) is 28.7 Å². The van der Waals surface area contributed by atoms with E-state index in [1.807, 2.05) is 6.26 Å².